The summed E-state index contributed by atoms with van der Waals surface area (Å²) in [4.78, 5) is 44.7. The second-order valence-corrected chi connectivity index (χ2v) is 4.05. The van der Waals surface area contributed by atoms with E-state index >= 15 is 0 Å². The molecule has 0 aliphatic rings. The first-order chi connectivity index (χ1) is 9.72. The summed E-state index contributed by atoms with van der Waals surface area (Å²) in [6.45, 7) is -1.29. The molecule has 0 aromatic heterocycles. The van der Waals surface area contributed by atoms with Gasteiger partial charge in [-0.2, -0.15) is 0 Å². The molecule has 1 aromatic carbocycles. The van der Waals surface area contributed by atoms with Crippen LogP contribution in [-0.2, 0) is 9.59 Å². The van der Waals surface area contributed by atoms with Gasteiger partial charge in [0.25, 0.3) is 11.6 Å². The van der Waals surface area contributed by atoms with Crippen LogP contribution in [-0.4, -0.2) is 45.7 Å². The number of hydrogen-bond acceptors (Lipinski definition) is 6. The Morgan fingerprint density at radius 2 is 1.71 bits per heavy atom. The van der Waals surface area contributed by atoms with Crippen molar-refractivity contribution in [3.05, 3.63) is 33.9 Å². The van der Waals surface area contributed by atoms with E-state index in [0.29, 0.717) is 4.90 Å². The molecule has 0 heterocycles. The summed E-state index contributed by atoms with van der Waals surface area (Å²) >= 11 is 0. The number of carbonyl (C=O) groups is 3. The highest BCUT2D eigenvalue weighted by Gasteiger charge is 2.27. The van der Waals surface area contributed by atoms with Crippen LogP contribution in [0.3, 0.4) is 0 Å². The number of nitrogens with two attached hydrogens (primary N) is 2. The summed E-state index contributed by atoms with van der Waals surface area (Å²) in [6.07, 6.45) is 0. The standard InChI is InChI=1S/C11H12N4O6/c12-9(17)4-14(5-10(13)18)11(19)7-3-6(16)1-2-8(7)15(20)21/h1-3,16H,4-5H2,(H2,12,17)(H2,13,18). The van der Waals surface area contributed by atoms with E-state index < -0.39 is 47.0 Å². The largest absolute Gasteiger partial charge is 0.508 e. The average Bonchev–Trinajstić information content (AvgIpc) is 2.35. The van der Waals surface area contributed by atoms with Gasteiger partial charge in [-0.05, 0) is 12.1 Å². The molecule has 0 bridgehead atoms. The zero-order valence-electron chi connectivity index (χ0n) is 10.7. The molecule has 3 amide bonds. The minimum atomic E-state index is -1.02. The lowest BCUT2D eigenvalue weighted by molar-refractivity contribution is -0.385. The maximum absolute atomic E-state index is 12.2. The second-order valence-electron chi connectivity index (χ2n) is 4.05. The molecule has 21 heavy (non-hydrogen) atoms. The highest BCUT2D eigenvalue weighted by molar-refractivity contribution is 6.01. The van der Waals surface area contributed by atoms with Crippen LogP contribution >= 0.6 is 0 Å². The number of aromatic hydroxyl groups is 1. The van der Waals surface area contributed by atoms with Crippen molar-refractivity contribution in [2.45, 2.75) is 0 Å². The van der Waals surface area contributed by atoms with Crippen LogP contribution in [0.4, 0.5) is 5.69 Å². The Balaban J connectivity index is 3.24. The van der Waals surface area contributed by atoms with Gasteiger partial charge in [-0.1, -0.05) is 0 Å². The van der Waals surface area contributed by atoms with Crippen LogP contribution in [0.1, 0.15) is 10.4 Å². The van der Waals surface area contributed by atoms with Crippen molar-refractivity contribution < 1.29 is 24.4 Å². The maximum atomic E-state index is 12.2. The molecule has 0 unspecified atom stereocenters. The fourth-order valence-corrected chi connectivity index (χ4v) is 1.60. The van der Waals surface area contributed by atoms with Crippen molar-refractivity contribution in [1.82, 2.24) is 4.90 Å². The number of rotatable bonds is 6. The minimum absolute atomic E-state index is 0.387. The molecule has 1 rings (SSSR count). The molecule has 0 spiro atoms. The summed E-state index contributed by atoms with van der Waals surface area (Å²) in [7, 11) is 0. The molecule has 10 heteroatoms. The van der Waals surface area contributed by atoms with Crippen LogP contribution in [0.5, 0.6) is 5.75 Å². The zero-order chi connectivity index (χ0) is 16.2. The molecule has 0 radical (unpaired) electrons. The van der Waals surface area contributed by atoms with Gasteiger partial charge in [0.1, 0.15) is 24.4 Å². The summed E-state index contributed by atoms with van der Waals surface area (Å²) in [5.74, 6) is -3.25. The molecule has 0 atom stereocenters. The van der Waals surface area contributed by atoms with E-state index in [1.54, 1.807) is 0 Å². The number of nitrogens with zero attached hydrogens (tertiary/aromatic N) is 2. The molecule has 112 valence electrons. The molecule has 1 aromatic rings. The fraction of sp³-hybridized carbons (Fsp3) is 0.182. The van der Waals surface area contributed by atoms with E-state index in [0.717, 1.165) is 18.2 Å². The van der Waals surface area contributed by atoms with Crippen molar-refractivity contribution in [3.63, 3.8) is 0 Å². The lowest BCUT2D eigenvalue weighted by Crippen LogP contribution is -2.43. The SMILES string of the molecule is NC(=O)CN(CC(N)=O)C(=O)c1cc(O)ccc1[N+](=O)[O-]. The molecular weight excluding hydrogens is 284 g/mol. The van der Waals surface area contributed by atoms with Gasteiger partial charge in [-0.15, -0.1) is 0 Å². The molecule has 0 saturated heterocycles. The molecule has 0 aliphatic carbocycles. The Kier molecular flexibility index (Phi) is 4.78. The highest BCUT2D eigenvalue weighted by Crippen LogP contribution is 2.24. The van der Waals surface area contributed by atoms with Gasteiger partial charge in [0.2, 0.25) is 11.8 Å². The summed E-state index contributed by atoms with van der Waals surface area (Å²) < 4.78 is 0. The van der Waals surface area contributed by atoms with Crippen LogP contribution < -0.4 is 11.5 Å². The highest BCUT2D eigenvalue weighted by atomic mass is 16.6. The number of primary amides is 2. The molecular formula is C11H12N4O6. The van der Waals surface area contributed by atoms with Gasteiger partial charge < -0.3 is 21.5 Å². The molecule has 5 N–H and O–H groups in total. The normalized spacial score (nSPS) is 9.90. The Morgan fingerprint density at radius 1 is 1.19 bits per heavy atom. The average molecular weight is 296 g/mol. The monoisotopic (exact) mass is 296 g/mol. The number of benzene rings is 1. The third-order valence-electron chi connectivity index (χ3n) is 2.39. The minimum Gasteiger partial charge on any atom is -0.508 e. The van der Waals surface area contributed by atoms with Crippen LogP contribution in [0.25, 0.3) is 0 Å². The Labute approximate surface area is 118 Å². The van der Waals surface area contributed by atoms with Gasteiger partial charge in [0.15, 0.2) is 0 Å². The third-order valence-corrected chi connectivity index (χ3v) is 2.39. The van der Waals surface area contributed by atoms with E-state index in [4.69, 9.17) is 11.5 Å². The summed E-state index contributed by atoms with van der Waals surface area (Å²) in [5, 5.41) is 20.2. The van der Waals surface area contributed by atoms with Crippen LogP contribution in [0, 0.1) is 10.1 Å². The van der Waals surface area contributed by atoms with E-state index in [-0.39, 0.29) is 5.75 Å². The first-order valence-corrected chi connectivity index (χ1v) is 5.55. The molecule has 10 nitrogen and oxygen atoms in total. The molecule has 0 aliphatic heterocycles. The lowest BCUT2D eigenvalue weighted by atomic mass is 10.1. The number of amides is 3. The van der Waals surface area contributed by atoms with Crippen LogP contribution in [0.15, 0.2) is 18.2 Å². The van der Waals surface area contributed by atoms with E-state index in [2.05, 4.69) is 0 Å². The van der Waals surface area contributed by atoms with Crippen molar-refractivity contribution in [1.29, 1.82) is 0 Å². The number of hydrogen-bond donors (Lipinski definition) is 3. The molecule has 0 saturated carbocycles. The van der Waals surface area contributed by atoms with E-state index in [9.17, 15) is 29.6 Å². The van der Waals surface area contributed by atoms with Crippen LogP contribution in [0.2, 0.25) is 0 Å². The number of phenolic OH excluding ortho intramolecular Hbond substituents is 1. The van der Waals surface area contributed by atoms with E-state index in [1.807, 2.05) is 0 Å². The number of nitro benzene ring substituents is 1. The Hall–Kier alpha value is -3.17. The lowest BCUT2D eigenvalue weighted by Gasteiger charge is -2.19. The quantitative estimate of drug-likeness (QED) is 0.435. The van der Waals surface area contributed by atoms with Gasteiger partial charge in [-0.3, -0.25) is 24.5 Å². The zero-order valence-corrected chi connectivity index (χ0v) is 10.7. The van der Waals surface area contributed by atoms with Gasteiger partial charge in [0.05, 0.1) is 4.92 Å². The van der Waals surface area contributed by atoms with Gasteiger partial charge in [0, 0.05) is 6.07 Å². The predicted octanol–water partition coefficient (Wildman–Crippen LogP) is -1.29. The number of phenols is 1. The van der Waals surface area contributed by atoms with Crippen molar-refractivity contribution in [2.24, 2.45) is 11.5 Å². The third kappa shape index (κ3) is 4.16. The first-order valence-electron chi connectivity index (χ1n) is 5.55. The maximum Gasteiger partial charge on any atom is 0.282 e. The summed E-state index contributed by atoms with van der Waals surface area (Å²) in [6, 6.07) is 2.81. The molecule has 0 fully saturated rings. The smallest absolute Gasteiger partial charge is 0.282 e. The van der Waals surface area contributed by atoms with Gasteiger partial charge >= 0.3 is 0 Å². The number of nitro groups is 1. The van der Waals surface area contributed by atoms with Gasteiger partial charge in [-0.25, -0.2) is 0 Å². The van der Waals surface area contributed by atoms with Crippen molar-refractivity contribution in [3.8, 4) is 5.75 Å². The first kappa shape index (κ1) is 15.9. The Morgan fingerprint density at radius 3 is 2.14 bits per heavy atom. The number of carbonyl (C=O) groups excluding carboxylic acids is 3. The van der Waals surface area contributed by atoms with Crippen molar-refractivity contribution in [2.75, 3.05) is 13.1 Å². The Bertz CT molecular complexity index is 599. The predicted molar refractivity (Wildman–Crippen MR) is 69.1 cm³/mol. The van der Waals surface area contributed by atoms with E-state index in [1.165, 1.54) is 0 Å². The second kappa shape index (κ2) is 6.32. The van der Waals surface area contributed by atoms with Crippen molar-refractivity contribution >= 4 is 23.4 Å². The summed E-state index contributed by atoms with van der Waals surface area (Å²) in [5.41, 5.74) is 8.82. The fourth-order valence-electron chi connectivity index (χ4n) is 1.60. The topological polar surface area (TPSA) is 170 Å².